The topological polar surface area (TPSA) is 50.8 Å². The van der Waals surface area contributed by atoms with E-state index < -0.39 is 0 Å². The maximum atomic E-state index is 12.4. The molecule has 5 nitrogen and oxygen atoms in total. The van der Waals surface area contributed by atoms with E-state index in [9.17, 15) is 4.79 Å². The summed E-state index contributed by atoms with van der Waals surface area (Å²) in [6.07, 6.45) is 0. The summed E-state index contributed by atoms with van der Waals surface area (Å²) in [5.41, 5.74) is 1.09. The number of para-hydroxylation sites is 2. The highest BCUT2D eigenvalue weighted by molar-refractivity contribution is 5.78. The van der Waals surface area contributed by atoms with Gasteiger partial charge in [0.2, 0.25) is 0 Å². The highest BCUT2D eigenvalue weighted by atomic mass is 16.5. The minimum Gasteiger partial charge on any atom is -0.485 e. The summed E-state index contributed by atoms with van der Waals surface area (Å²) >= 11 is 0. The van der Waals surface area contributed by atoms with Crippen LogP contribution in [0.3, 0.4) is 0 Å². The standard InChI is InChI=1S/C20H24N2O3/c1-16-13-21-11-12-22(16)20(23)15-25-19-10-6-5-9-18(19)24-14-17-7-3-2-4-8-17/h2-10,16,21H,11-15H2,1H3. The highest BCUT2D eigenvalue weighted by Crippen LogP contribution is 2.27. The quantitative estimate of drug-likeness (QED) is 0.878. The van der Waals surface area contributed by atoms with Gasteiger partial charge in [0.1, 0.15) is 6.61 Å². The van der Waals surface area contributed by atoms with Crippen molar-refractivity contribution in [1.29, 1.82) is 0 Å². The van der Waals surface area contributed by atoms with Crippen LogP contribution in [0.15, 0.2) is 54.6 Å². The van der Waals surface area contributed by atoms with Gasteiger partial charge in [-0.1, -0.05) is 42.5 Å². The Bertz CT molecular complexity index is 690. The first-order valence-corrected chi connectivity index (χ1v) is 8.63. The lowest BCUT2D eigenvalue weighted by molar-refractivity contribution is -0.136. The Morgan fingerprint density at radius 3 is 2.48 bits per heavy atom. The SMILES string of the molecule is CC1CNCCN1C(=O)COc1ccccc1OCc1ccccc1. The zero-order valence-electron chi connectivity index (χ0n) is 14.5. The summed E-state index contributed by atoms with van der Waals surface area (Å²) in [5.74, 6) is 1.24. The third-order valence-electron chi connectivity index (χ3n) is 4.26. The maximum absolute atomic E-state index is 12.4. The van der Waals surface area contributed by atoms with Crippen LogP contribution in [-0.2, 0) is 11.4 Å². The van der Waals surface area contributed by atoms with Gasteiger partial charge in [-0.2, -0.15) is 0 Å². The zero-order valence-corrected chi connectivity index (χ0v) is 14.5. The van der Waals surface area contributed by atoms with E-state index in [0.29, 0.717) is 18.1 Å². The van der Waals surface area contributed by atoms with Crippen molar-refractivity contribution in [2.24, 2.45) is 0 Å². The van der Waals surface area contributed by atoms with Crippen LogP contribution in [0.2, 0.25) is 0 Å². The molecule has 1 fully saturated rings. The average Bonchev–Trinajstić information content (AvgIpc) is 2.66. The molecule has 1 N–H and O–H groups in total. The van der Waals surface area contributed by atoms with Crippen molar-refractivity contribution in [3.8, 4) is 11.5 Å². The smallest absolute Gasteiger partial charge is 0.260 e. The lowest BCUT2D eigenvalue weighted by Crippen LogP contribution is -2.53. The molecule has 25 heavy (non-hydrogen) atoms. The van der Waals surface area contributed by atoms with Crippen LogP contribution in [0, 0.1) is 0 Å². The lowest BCUT2D eigenvalue weighted by Gasteiger charge is -2.33. The average molecular weight is 340 g/mol. The predicted molar refractivity (Wildman–Crippen MR) is 96.8 cm³/mol. The normalized spacial score (nSPS) is 17.2. The van der Waals surface area contributed by atoms with Crippen molar-refractivity contribution in [3.63, 3.8) is 0 Å². The van der Waals surface area contributed by atoms with Crippen molar-refractivity contribution in [2.75, 3.05) is 26.2 Å². The predicted octanol–water partition coefficient (Wildman–Crippen LogP) is 2.46. The fourth-order valence-corrected chi connectivity index (χ4v) is 2.86. The Hall–Kier alpha value is -2.53. The van der Waals surface area contributed by atoms with E-state index in [-0.39, 0.29) is 18.6 Å². The van der Waals surface area contributed by atoms with E-state index in [1.165, 1.54) is 0 Å². The molecule has 2 aromatic carbocycles. The van der Waals surface area contributed by atoms with E-state index in [4.69, 9.17) is 9.47 Å². The van der Waals surface area contributed by atoms with Crippen LogP contribution in [-0.4, -0.2) is 43.1 Å². The second-order valence-electron chi connectivity index (χ2n) is 6.15. The Balaban J connectivity index is 1.58. The van der Waals surface area contributed by atoms with Gasteiger partial charge in [0, 0.05) is 25.7 Å². The van der Waals surface area contributed by atoms with Crippen molar-refractivity contribution < 1.29 is 14.3 Å². The fourth-order valence-electron chi connectivity index (χ4n) is 2.86. The summed E-state index contributed by atoms with van der Waals surface area (Å²) in [7, 11) is 0. The molecule has 3 rings (SSSR count). The molecular weight excluding hydrogens is 316 g/mol. The van der Waals surface area contributed by atoms with Gasteiger partial charge in [-0.3, -0.25) is 4.79 Å². The molecule has 0 aliphatic carbocycles. The second kappa shape index (κ2) is 8.53. The first-order chi connectivity index (χ1) is 12.2. The van der Waals surface area contributed by atoms with Crippen molar-refractivity contribution in [2.45, 2.75) is 19.6 Å². The van der Waals surface area contributed by atoms with Gasteiger partial charge in [0.25, 0.3) is 5.91 Å². The third kappa shape index (κ3) is 4.73. The Morgan fingerprint density at radius 1 is 1.08 bits per heavy atom. The number of carbonyl (C=O) groups excluding carboxylic acids is 1. The summed E-state index contributed by atoms with van der Waals surface area (Å²) < 4.78 is 11.6. The molecule has 1 amide bonds. The number of hydrogen-bond acceptors (Lipinski definition) is 4. The fraction of sp³-hybridized carbons (Fsp3) is 0.350. The molecule has 0 bridgehead atoms. The summed E-state index contributed by atoms with van der Waals surface area (Å²) in [4.78, 5) is 14.3. The monoisotopic (exact) mass is 340 g/mol. The molecule has 0 spiro atoms. The van der Waals surface area contributed by atoms with E-state index in [2.05, 4.69) is 5.32 Å². The molecule has 1 unspecified atom stereocenters. The zero-order chi connectivity index (χ0) is 17.5. The molecule has 1 atom stereocenters. The first-order valence-electron chi connectivity index (χ1n) is 8.63. The van der Waals surface area contributed by atoms with Gasteiger partial charge in [0.05, 0.1) is 0 Å². The summed E-state index contributed by atoms with van der Waals surface area (Å²) in [5, 5.41) is 3.28. The van der Waals surface area contributed by atoms with Crippen molar-refractivity contribution >= 4 is 5.91 Å². The maximum Gasteiger partial charge on any atom is 0.260 e. The molecule has 0 saturated carbocycles. The van der Waals surface area contributed by atoms with E-state index in [0.717, 1.165) is 25.2 Å². The van der Waals surface area contributed by atoms with Crippen LogP contribution in [0.5, 0.6) is 11.5 Å². The number of nitrogens with zero attached hydrogens (tertiary/aromatic N) is 1. The minimum absolute atomic E-state index is 0.00635. The Kier molecular flexibility index (Phi) is 5.90. The van der Waals surface area contributed by atoms with E-state index >= 15 is 0 Å². The summed E-state index contributed by atoms with van der Waals surface area (Å²) in [6.45, 7) is 4.89. The number of piperazine rings is 1. The Labute approximate surface area is 148 Å². The number of carbonyl (C=O) groups is 1. The van der Waals surface area contributed by atoms with Gasteiger partial charge in [0.15, 0.2) is 18.1 Å². The van der Waals surface area contributed by atoms with Gasteiger partial charge in [-0.25, -0.2) is 0 Å². The Morgan fingerprint density at radius 2 is 1.76 bits per heavy atom. The second-order valence-corrected chi connectivity index (χ2v) is 6.15. The van der Waals surface area contributed by atoms with Gasteiger partial charge in [-0.15, -0.1) is 0 Å². The molecular formula is C20H24N2O3. The molecule has 0 aromatic heterocycles. The van der Waals surface area contributed by atoms with Crippen molar-refractivity contribution in [1.82, 2.24) is 10.2 Å². The van der Waals surface area contributed by atoms with Crippen LogP contribution in [0.1, 0.15) is 12.5 Å². The molecule has 1 aliphatic rings. The number of nitrogens with one attached hydrogen (secondary N) is 1. The van der Waals surface area contributed by atoms with Crippen LogP contribution >= 0.6 is 0 Å². The van der Waals surface area contributed by atoms with Gasteiger partial charge in [-0.05, 0) is 24.6 Å². The van der Waals surface area contributed by atoms with Gasteiger partial charge < -0.3 is 19.7 Å². The van der Waals surface area contributed by atoms with E-state index in [1.54, 1.807) is 0 Å². The first kappa shape index (κ1) is 17.3. The van der Waals surface area contributed by atoms with Crippen LogP contribution in [0.25, 0.3) is 0 Å². The molecule has 1 aliphatic heterocycles. The van der Waals surface area contributed by atoms with Crippen LogP contribution in [0.4, 0.5) is 0 Å². The number of ether oxygens (including phenoxy) is 2. The number of hydrogen-bond donors (Lipinski definition) is 1. The molecule has 2 aromatic rings. The molecule has 0 radical (unpaired) electrons. The highest BCUT2D eigenvalue weighted by Gasteiger charge is 2.23. The number of amides is 1. The van der Waals surface area contributed by atoms with Crippen molar-refractivity contribution in [3.05, 3.63) is 60.2 Å². The number of benzene rings is 2. The third-order valence-corrected chi connectivity index (χ3v) is 4.26. The molecule has 5 heteroatoms. The lowest BCUT2D eigenvalue weighted by atomic mass is 10.2. The summed E-state index contributed by atoms with van der Waals surface area (Å²) in [6, 6.07) is 17.6. The molecule has 1 saturated heterocycles. The molecule has 132 valence electrons. The van der Waals surface area contributed by atoms with Crippen LogP contribution < -0.4 is 14.8 Å². The largest absolute Gasteiger partial charge is 0.485 e. The minimum atomic E-state index is 0.00635. The van der Waals surface area contributed by atoms with E-state index in [1.807, 2.05) is 66.4 Å². The molecule has 1 heterocycles. The van der Waals surface area contributed by atoms with Gasteiger partial charge >= 0.3 is 0 Å². The number of rotatable bonds is 6.